The van der Waals surface area contributed by atoms with Gasteiger partial charge < -0.3 is 4.90 Å². The maximum atomic E-state index is 13.8. The Balaban J connectivity index is 3.00. The van der Waals surface area contributed by atoms with Gasteiger partial charge in [-0.1, -0.05) is 23.2 Å². The molecule has 0 aromatic heterocycles. The normalized spacial score (nSPS) is 12.1. The third kappa shape index (κ3) is 4.86. The molecule has 0 unspecified atom stereocenters. The molecule has 2 rings (SSSR count). The maximum Gasteiger partial charge on any atom is 0.418 e. The van der Waals surface area contributed by atoms with Gasteiger partial charge in [-0.05, 0) is 28.9 Å². The van der Waals surface area contributed by atoms with Gasteiger partial charge in [0.05, 0.1) is 47.2 Å². The van der Waals surface area contributed by atoms with Crippen LogP contribution in [0.3, 0.4) is 0 Å². The summed E-state index contributed by atoms with van der Waals surface area (Å²) in [6.07, 6.45) is -10.3. The lowest BCUT2D eigenvalue weighted by Crippen LogP contribution is -2.23. The summed E-state index contributed by atoms with van der Waals surface area (Å²) in [5.74, 6) is 0. The van der Waals surface area contributed by atoms with Gasteiger partial charge in [0.15, 0.2) is 0 Å². The largest absolute Gasteiger partial charge is 0.418 e. The zero-order valence-corrected chi connectivity index (χ0v) is 18.4. The second-order valence-electron chi connectivity index (χ2n) is 6.00. The summed E-state index contributed by atoms with van der Waals surface area (Å²) in [6, 6.07) is 0.764. The number of halogens is 9. The fraction of sp³-hybridized carbons (Fsp3) is 0.250. The topological polar surface area (TPSA) is 89.5 Å². The number of nitro benzene ring substituents is 2. The minimum atomic E-state index is -5.32. The highest BCUT2D eigenvalue weighted by atomic mass is 79.9. The standard InChI is InChI=1S/C16H8BrCl2F6N3O4/c1-2-26(14-9(18)5-7(15(20,21)22)11(17)12(14)19)13-8(16(23,24)25)3-6(27(29)30)4-10(13)28(31)32/h3-5H,2H2,1H3. The Kier molecular flexibility index (Phi) is 7.22. The van der Waals surface area contributed by atoms with Crippen molar-refractivity contribution in [3.63, 3.8) is 0 Å². The third-order valence-electron chi connectivity index (χ3n) is 4.08. The first kappa shape index (κ1) is 25.9. The number of hydrogen-bond donors (Lipinski definition) is 0. The molecule has 0 atom stereocenters. The number of anilines is 2. The molecule has 0 bridgehead atoms. The zero-order chi connectivity index (χ0) is 24.8. The van der Waals surface area contributed by atoms with E-state index in [9.17, 15) is 46.6 Å². The van der Waals surface area contributed by atoms with Crippen molar-refractivity contribution in [2.45, 2.75) is 19.3 Å². The van der Waals surface area contributed by atoms with Gasteiger partial charge in [0.1, 0.15) is 5.69 Å². The minimum Gasteiger partial charge on any atom is -0.333 e. The summed E-state index contributed by atoms with van der Waals surface area (Å²) in [7, 11) is 0. The van der Waals surface area contributed by atoms with Crippen molar-refractivity contribution in [3.8, 4) is 0 Å². The minimum absolute atomic E-state index is 0.0753. The summed E-state index contributed by atoms with van der Waals surface area (Å²) in [5.41, 5.74) is -7.42. The van der Waals surface area contributed by atoms with Gasteiger partial charge in [-0.3, -0.25) is 20.2 Å². The van der Waals surface area contributed by atoms with E-state index in [0.29, 0.717) is 17.0 Å². The molecule has 174 valence electrons. The van der Waals surface area contributed by atoms with E-state index in [2.05, 4.69) is 15.9 Å². The molecule has 2 aromatic carbocycles. The lowest BCUT2D eigenvalue weighted by atomic mass is 10.1. The molecule has 0 amide bonds. The molecule has 0 spiro atoms. The van der Waals surface area contributed by atoms with Crippen LogP contribution in [0.25, 0.3) is 0 Å². The SMILES string of the molecule is CCN(c1c([N+](=O)[O-])cc([N+](=O)[O-])cc1C(F)(F)F)c1c(Cl)cc(C(F)(F)F)c(Br)c1Cl. The number of non-ortho nitro benzene ring substituents is 1. The molecule has 0 N–H and O–H groups in total. The Hall–Kier alpha value is -2.32. The number of alkyl halides is 6. The zero-order valence-electron chi connectivity index (χ0n) is 15.3. The van der Waals surface area contributed by atoms with Crippen molar-refractivity contribution < 1.29 is 36.2 Å². The Bertz CT molecular complexity index is 1110. The van der Waals surface area contributed by atoms with Gasteiger partial charge in [0, 0.05) is 12.6 Å². The van der Waals surface area contributed by atoms with Crippen LogP contribution in [0.2, 0.25) is 10.0 Å². The summed E-state index contributed by atoms with van der Waals surface area (Å²) in [5, 5.41) is 21.0. The van der Waals surface area contributed by atoms with Gasteiger partial charge in [-0.15, -0.1) is 0 Å². The van der Waals surface area contributed by atoms with Crippen LogP contribution in [0.4, 0.5) is 49.1 Å². The molecule has 0 saturated heterocycles. The van der Waals surface area contributed by atoms with Crippen molar-refractivity contribution >= 4 is 61.9 Å². The molecule has 0 aliphatic heterocycles. The molecular formula is C16H8BrCl2F6N3O4. The molecule has 0 heterocycles. The van der Waals surface area contributed by atoms with Crippen molar-refractivity contribution in [3.05, 3.63) is 64.1 Å². The van der Waals surface area contributed by atoms with E-state index in [-0.39, 0.29) is 6.07 Å². The fourth-order valence-corrected chi connectivity index (χ4v) is 4.00. The first-order valence-electron chi connectivity index (χ1n) is 8.08. The van der Waals surface area contributed by atoms with Crippen LogP contribution in [-0.2, 0) is 12.4 Å². The van der Waals surface area contributed by atoms with E-state index in [0.717, 1.165) is 0 Å². The number of benzene rings is 2. The Morgan fingerprint density at radius 3 is 1.88 bits per heavy atom. The Labute approximate surface area is 192 Å². The average Bonchev–Trinajstić information content (AvgIpc) is 2.65. The van der Waals surface area contributed by atoms with Crippen LogP contribution in [0.1, 0.15) is 18.1 Å². The van der Waals surface area contributed by atoms with E-state index >= 15 is 0 Å². The van der Waals surface area contributed by atoms with E-state index in [1.807, 2.05) is 0 Å². The van der Waals surface area contributed by atoms with E-state index < -0.39 is 77.1 Å². The molecule has 2 aromatic rings. The predicted molar refractivity (Wildman–Crippen MR) is 107 cm³/mol. The first-order valence-corrected chi connectivity index (χ1v) is 9.63. The van der Waals surface area contributed by atoms with E-state index in [4.69, 9.17) is 23.2 Å². The molecule has 0 saturated carbocycles. The van der Waals surface area contributed by atoms with Crippen LogP contribution >= 0.6 is 39.1 Å². The molecule has 0 aliphatic rings. The van der Waals surface area contributed by atoms with Crippen LogP contribution in [0.15, 0.2) is 22.7 Å². The molecular weight excluding hydrogens is 563 g/mol. The van der Waals surface area contributed by atoms with Gasteiger partial charge in [-0.2, -0.15) is 26.3 Å². The molecule has 0 aliphatic carbocycles. The summed E-state index contributed by atoms with van der Waals surface area (Å²) >= 11 is 14.5. The van der Waals surface area contributed by atoms with Crippen LogP contribution in [0.5, 0.6) is 0 Å². The van der Waals surface area contributed by atoms with Crippen molar-refractivity contribution in [2.75, 3.05) is 11.4 Å². The van der Waals surface area contributed by atoms with Crippen molar-refractivity contribution in [1.82, 2.24) is 0 Å². The Morgan fingerprint density at radius 2 is 1.47 bits per heavy atom. The smallest absolute Gasteiger partial charge is 0.333 e. The predicted octanol–water partition coefficient (Wildman–Crippen LogP) is 7.77. The van der Waals surface area contributed by atoms with E-state index in [1.54, 1.807) is 0 Å². The van der Waals surface area contributed by atoms with E-state index in [1.165, 1.54) is 6.92 Å². The fourth-order valence-electron chi connectivity index (χ4n) is 2.82. The average molecular weight is 571 g/mol. The highest BCUT2D eigenvalue weighted by Gasteiger charge is 2.43. The highest BCUT2D eigenvalue weighted by Crippen LogP contribution is 2.52. The molecule has 7 nitrogen and oxygen atoms in total. The second kappa shape index (κ2) is 8.90. The summed E-state index contributed by atoms with van der Waals surface area (Å²) < 4.78 is 80.1. The monoisotopic (exact) mass is 569 g/mol. The van der Waals surface area contributed by atoms with Gasteiger partial charge in [-0.25, -0.2) is 0 Å². The number of rotatable bonds is 5. The molecule has 32 heavy (non-hydrogen) atoms. The second-order valence-corrected chi connectivity index (χ2v) is 7.58. The van der Waals surface area contributed by atoms with Crippen molar-refractivity contribution in [2.24, 2.45) is 0 Å². The molecule has 0 fully saturated rings. The number of nitrogens with zero attached hydrogens (tertiary/aromatic N) is 3. The third-order valence-corrected chi connectivity index (χ3v) is 5.79. The van der Waals surface area contributed by atoms with Crippen molar-refractivity contribution in [1.29, 1.82) is 0 Å². The quantitative estimate of drug-likeness (QED) is 0.158. The molecule has 0 radical (unpaired) electrons. The van der Waals surface area contributed by atoms with Gasteiger partial charge in [0.2, 0.25) is 0 Å². The van der Waals surface area contributed by atoms with Crippen LogP contribution in [0, 0.1) is 20.2 Å². The molecule has 16 heteroatoms. The first-order chi connectivity index (χ1) is 14.5. The maximum absolute atomic E-state index is 13.8. The van der Waals surface area contributed by atoms with Gasteiger partial charge >= 0.3 is 12.4 Å². The van der Waals surface area contributed by atoms with Crippen LogP contribution < -0.4 is 4.90 Å². The van der Waals surface area contributed by atoms with Gasteiger partial charge in [0.25, 0.3) is 11.4 Å². The number of nitro groups is 2. The Morgan fingerprint density at radius 1 is 0.938 bits per heavy atom. The summed E-state index contributed by atoms with van der Waals surface area (Å²) in [4.78, 5) is 20.5. The van der Waals surface area contributed by atoms with Crippen LogP contribution in [-0.4, -0.2) is 16.4 Å². The number of hydrogen-bond acceptors (Lipinski definition) is 5. The summed E-state index contributed by atoms with van der Waals surface area (Å²) in [6.45, 7) is 0.739. The lowest BCUT2D eigenvalue weighted by Gasteiger charge is -2.29. The highest BCUT2D eigenvalue weighted by molar-refractivity contribution is 9.10. The lowest BCUT2D eigenvalue weighted by molar-refractivity contribution is -0.394.